The molecule has 0 amide bonds. The van der Waals surface area contributed by atoms with Crippen molar-refractivity contribution in [2.75, 3.05) is 0 Å². The second-order valence-corrected chi connectivity index (χ2v) is 7.60. The standard InChI is InChI=1S/C24H21N3O2S/c1-2-15-27-23(28)21-8-3-4-9-22(21)26-24(27)30-17-18-10-12-20(13-11-18)29-16-19-7-5-6-14-25-19/h2-14H,1,15-17H2. The van der Waals surface area contributed by atoms with Crippen LogP contribution in [0.1, 0.15) is 11.3 Å². The van der Waals surface area contributed by atoms with E-state index in [0.29, 0.717) is 35.0 Å². The van der Waals surface area contributed by atoms with Crippen molar-refractivity contribution in [2.45, 2.75) is 24.1 Å². The van der Waals surface area contributed by atoms with Crippen molar-refractivity contribution < 1.29 is 4.74 Å². The zero-order valence-electron chi connectivity index (χ0n) is 16.4. The van der Waals surface area contributed by atoms with Crippen LogP contribution >= 0.6 is 11.8 Å². The molecule has 0 bridgehead atoms. The molecule has 0 aliphatic heterocycles. The Balaban J connectivity index is 1.46. The van der Waals surface area contributed by atoms with Gasteiger partial charge in [-0.2, -0.15) is 0 Å². The summed E-state index contributed by atoms with van der Waals surface area (Å²) in [5.41, 5.74) is 2.68. The van der Waals surface area contributed by atoms with Gasteiger partial charge in [0.25, 0.3) is 5.56 Å². The number of aromatic nitrogens is 3. The molecule has 5 nitrogen and oxygen atoms in total. The van der Waals surface area contributed by atoms with Gasteiger partial charge in [0.05, 0.1) is 16.6 Å². The number of hydrogen-bond acceptors (Lipinski definition) is 5. The summed E-state index contributed by atoms with van der Waals surface area (Å²) in [5.74, 6) is 1.49. The average Bonchev–Trinajstić information content (AvgIpc) is 2.80. The molecule has 30 heavy (non-hydrogen) atoms. The van der Waals surface area contributed by atoms with Gasteiger partial charge in [-0.1, -0.05) is 48.2 Å². The zero-order valence-corrected chi connectivity index (χ0v) is 17.2. The molecule has 0 radical (unpaired) electrons. The highest BCUT2D eigenvalue weighted by Crippen LogP contribution is 2.23. The fraction of sp³-hybridized carbons (Fsp3) is 0.125. The first-order valence-electron chi connectivity index (χ1n) is 9.59. The lowest BCUT2D eigenvalue weighted by atomic mass is 10.2. The van der Waals surface area contributed by atoms with E-state index in [2.05, 4.69) is 11.6 Å². The zero-order chi connectivity index (χ0) is 20.8. The summed E-state index contributed by atoms with van der Waals surface area (Å²) < 4.78 is 7.46. The molecule has 0 atom stereocenters. The predicted molar refractivity (Wildman–Crippen MR) is 121 cm³/mol. The van der Waals surface area contributed by atoms with Gasteiger partial charge in [-0.05, 0) is 42.0 Å². The highest BCUT2D eigenvalue weighted by molar-refractivity contribution is 7.98. The summed E-state index contributed by atoms with van der Waals surface area (Å²) in [6.45, 7) is 4.63. The van der Waals surface area contributed by atoms with E-state index in [1.165, 1.54) is 11.8 Å². The number of hydrogen-bond donors (Lipinski definition) is 0. The van der Waals surface area contributed by atoms with E-state index in [0.717, 1.165) is 17.0 Å². The van der Waals surface area contributed by atoms with Crippen LogP contribution in [-0.2, 0) is 18.9 Å². The lowest BCUT2D eigenvalue weighted by Crippen LogP contribution is -2.22. The van der Waals surface area contributed by atoms with Crippen LogP contribution in [0.25, 0.3) is 10.9 Å². The molecule has 0 saturated carbocycles. The first kappa shape index (κ1) is 19.9. The third-order valence-corrected chi connectivity index (χ3v) is 5.59. The van der Waals surface area contributed by atoms with Gasteiger partial charge in [-0.3, -0.25) is 14.3 Å². The molecule has 6 heteroatoms. The number of allylic oxidation sites excluding steroid dienone is 1. The quantitative estimate of drug-likeness (QED) is 0.234. The van der Waals surface area contributed by atoms with E-state index < -0.39 is 0 Å². The fourth-order valence-corrected chi connectivity index (χ4v) is 3.98. The second kappa shape index (κ2) is 9.41. The number of pyridine rings is 1. The summed E-state index contributed by atoms with van der Waals surface area (Å²) in [6, 6.07) is 21.1. The smallest absolute Gasteiger partial charge is 0.262 e. The minimum Gasteiger partial charge on any atom is -0.487 e. The van der Waals surface area contributed by atoms with Crippen LogP contribution in [-0.4, -0.2) is 14.5 Å². The van der Waals surface area contributed by atoms with Gasteiger partial charge in [0.2, 0.25) is 0 Å². The Morgan fingerprint density at radius 2 is 1.83 bits per heavy atom. The Morgan fingerprint density at radius 3 is 2.60 bits per heavy atom. The van der Waals surface area contributed by atoms with E-state index >= 15 is 0 Å². The van der Waals surface area contributed by atoms with Crippen molar-refractivity contribution in [3.8, 4) is 5.75 Å². The van der Waals surface area contributed by atoms with Crippen LogP contribution in [0.15, 0.2) is 95.5 Å². The Morgan fingerprint density at radius 1 is 1.03 bits per heavy atom. The lowest BCUT2D eigenvalue weighted by molar-refractivity contribution is 0.301. The number of fused-ring (bicyclic) bond motifs is 1. The SMILES string of the molecule is C=CCn1c(SCc2ccc(OCc3ccccn3)cc2)nc2ccccc2c1=O. The second-order valence-electron chi connectivity index (χ2n) is 6.66. The number of ether oxygens (including phenoxy) is 1. The molecular weight excluding hydrogens is 394 g/mol. The Labute approximate surface area is 179 Å². The molecule has 2 heterocycles. The highest BCUT2D eigenvalue weighted by Gasteiger charge is 2.10. The summed E-state index contributed by atoms with van der Waals surface area (Å²) in [7, 11) is 0. The third-order valence-electron chi connectivity index (χ3n) is 4.54. The molecule has 0 spiro atoms. The predicted octanol–water partition coefficient (Wildman–Crippen LogP) is 4.85. The van der Waals surface area contributed by atoms with Crippen LogP contribution in [0.5, 0.6) is 5.75 Å². The molecule has 0 unspecified atom stereocenters. The van der Waals surface area contributed by atoms with Gasteiger partial charge in [-0.15, -0.1) is 6.58 Å². The molecule has 0 saturated heterocycles. The monoisotopic (exact) mass is 415 g/mol. The van der Waals surface area contributed by atoms with Crippen molar-refractivity contribution in [1.29, 1.82) is 0 Å². The normalized spacial score (nSPS) is 10.8. The van der Waals surface area contributed by atoms with Gasteiger partial charge < -0.3 is 4.74 Å². The minimum absolute atomic E-state index is 0.0405. The van der Waals surface area contributed by atoms with Crippen LogP contribution in [0.3, 0.4) is 0 Å². The minimum atomic E-state index is -0.0405. The van der Waals surface area contributed by atoms with Gasteiger partial charge >= 0.3 is 0 Å². The van der Waals surface area contributed by atoms with Crippen LogP contribution < -0.4 is 10.3 Å². The molecule has 4 aromatic rings. The van der Waals surface area contributed by atoms with E-state index in [4.69, 9.17) is 9.72 Å². The lowest BCUT2D eigenvalue weighted by Gasteiger charge is -2.11. The van der Waals surface area contributed by atoms with Gasteiger partial charge in [0.15, 0.2) is 5.16 Å². The summed E-state index contributed by atoms with van der Waals surface area (Å²) in [6.07, 6.45) is 3.47. The first-order chi connectivity index (χ1) is 14.7. The molecule has 0 fully saturated rings. The van der Waals surface area contributed by atoms with Crippen LogP contribution in [0.4, 0.5) is 0 Å². The first-order valence-corrected chi connectivity index (χ1v) is 10.6. The molecule has 0 N–H and O–H groups in total. The van der Waals surface area contributed by atoms with Crippen LogP contribution in [0, 0.1) is 0 Å². The molecule has 4 rings (SSSR count). The molecule has 150 valence electrons. The molecular formula is C24H21N3O2S. The molecule has 2 aromatic carbocycles. The maximum absolute atomic E-state index is 12.8. The maximum Gasteiger partial charge on any atom is 0.262 e. The van der Waals surface area contributed by atoms with Crippen LogP contribution in [0.2, 0.25) is 0 Å². The molecule has 2 aromatic heterocycles. The number of rotatable bonds is 8. The average molecular weight is 416 g/mol. The summed E-state index contributed by atoms with van der Waals surface area (Å²) >= 11 is 1.54. The van der Waals surface area contributed by atoms with E-state index in [9.17, 15) is 4.79 Å². The number of para-hydroxylation sites is 1. The summed E-state index contributed by atoms with van der Waals surface area (Å²) in [4.78, 5) is 21.8. The Kier molecular flexibility index (Phi) is 6.25. The molecule has 0 aliphatic rings. The van der Waals surface area contributed by atoms with Gasteiger partial charge in [0, 0.05) is 18.5 Å². The molecule has 0 aliphatic carbocycles. The van der Waals surface area contributed by atoms with Crippen molar-refractivity contribution in [2.24, 2.45) is 0 Å². The van der Waals surface area contributed by atoms with E-state index in [1.54, 1.807) is 16.8 Å². The van der Waals surface area contributed by atoms with Crippen molar-refractivity contribution in [3.05, 3.63) is 107 Å². The van der Waals surface area contributed by atoms with Crippen molar-refractivity contribution >= 4 is 22.7 Å². The van der Waals surface area contributed by atoms with Gasteiger partial charge in [0.1, 0.15) is 12.4 Å². The fourth-order valence-electron chi connectivity index (χ4n) is 3.02. The maximum atomic E-state index is 12.8. The number of thioether (sulfide) groups is 1. The largest absolute Gasteiger partial charge is 0.487 e. The van der Waals surface area contributed by atoms with E-state index in [-0.39, 0.29) is 5.56 Å². The Hall–Kier alpha value is -3.38. The van der Waals surface area contributed by atoms with E-state index in [1.807, 2.05) is 66.7 Å². The third kappa shape index (κ3) is 4.60. The Bertz CT molecular complexity index is 1200. The highest BCUT2D eigenvalue weighted by atomic mass is 32.2. The van der Waals surface area contributed by atoms with Crippen molar-refractivity contribution in [1.82, 2.24) is 14.5 Å². The topological polar surface area (TPSA) is 57.0 Å². The van der Waals surface area contributed by atoms with Gasteiger partial charge in [-0.25, -0.2) is 4.98 Å². The number of benzene rings is 2. The number of nitrogens with zero attached hydrogens (tertiary/aromatic N) is 3. The summed E-state index contributed by atoms with van der Waals surface area (Å²) in [5, 5.41) is 1.31. The van der Waals surface area contributed by atoms with Crippen molar-refractivity contribution in [3.63, 3.8) is 0 Å².